The summed E-state index contributed by atoms with van der Waals surface area (Å²) in [6.45, 7) is 1.16. The summed E-state index contributed by atoms with van der Waals surface area (Å²) < 4.78 is 13.2. The zero-order valence-electron chi connectivity index (χ0n) is 16.4. The van der Waals surface area contributed by atoms with Crippen molar-refractivity contribution in [1.82, 2.24) is 19.9 Å². The van der Waals surface area contributed by atoms with Crippen LogP contribution in [0, 0.1) is 5.82 Å². The van der Waals surface area contributed by atoms with Crippen molar-refractivity contribution in [3.63, 3.8) is 0 Å². The van der Waals surface area contributed by atoms with Crippen molar-refractivity contribution in [1.29, 1.82) is 0 Å². The number of hydrogen-bond donors (Lipinski definition) is 1. The third-order valence-corrected chi connectivity index (χ3v) is 5.75. The van der Waals surface area contributed by atoms with Gasteiger partial charge in [0.15, 0.2) is 0 Å². The van der Waals surface area contributed by atoms with Gasteiger partial charge in [0.1, 0.15) is 12.1 Å². The lowest BCUT2D eigenvalue weighted by Crippen LogP contribution is -2.38. The third-order valence-electron chi connectivity index (χ3n) is 5.75. The minimum atomic E-state index is -0.252. The van der Waals surface area contributed by atoms with Gasteiger partial charge < -0.3 is 9.88 Å². The second-order valence-electron chi connectivity index (χ2n) is 7.65. The third kappa shape index (κ3) is 3.56. The van der Waals surface area contributed by atoms with E-state index in [0.29, 0.717) is 32.4 Å². The van der Waals surface area contributed by atoms with E-state index in [1.807, 2.05) is 35.4 Å². The van der Waals surface area contributed by atoms with Gasteiger partial charge >= 0.3 is 0 Å². The van der Waals surface area contributed by atoms with Crippen LogP contribution in [-0.2, 0) is 30.6 Å². The van der Waals surface area contributed by atoms with E-state index in [0.717, 1.165) is 39.0 Å². The van der Waals surface area contributed by atoms with Crippen LogP contribution < -0.4 is 0 Å². The Morgan fingerprint density at radius 2 is 1.93 bits per heavy atom. The number of aromatic amines is 1. The number of amides is 1. The molecule has 3 heterocycles. The van der Waals surface area contributed by atoms with Crippen LogP contribution in [0.3, 0.4) is 0 Å². The van der Waals surface area contributed by atoms with Crippen LogP contribution in [0.25, 0.3) is 10.9 Å². The molecule has 4 aromatic rings. The van der Waals surface area contributed by atoms with Crippen molar-refractivity contribution in [2.75, 3.05) is 6.54 Å². The maximum atomic E-state index is 13.2. The molecule has 0 bridgehead atoms. The van der Waals surface area contributed by atoms with Crippen LogP contribution in [0.1, 0.15) is 28.1 Å². The van der Waals surface area contributed by atoms with Gasteiger partial charge in [-0.2, -0.15) is 0 Å². The molecule has 1 N–H and O–H groups in total. The lowest BCUT2D eigenvalue weighted by Gasteiger charge is -2.29. The highest BCUT2D eigenvalue weighted by atomic mass is 19.1. The fraction of sp³-hybridized carbons (Fsp3) is 0.208. The Balaban J connectivity index is 1.36. The first-order chi connectivity index (χ1) is 14.7. The molecule has 2 aromatic heterocycles. The number of nitrogens with one attached hydrogen (secondary N) is 1. The molecule has 1 aliphatic rings. The summed E-state index contributed by atoms with van der Waals surface area (Å²) in [6, 6.07) is 14.5. The quantitative estimate of drug-likeness (QED) is 0.567. The van der Waals surface area contributed by atoms with Gasteiger partial charge in [-0.25, -0.2) is 14.4 Å². The molecule has 6 heteroatoms. The van der Waals surface area contributed by atoms with Crippen molar-refractivity contribution >= 4 is 16.8 Å². The summed E-state index contributed by atoms with van der Waals surface area (Å²) in [4.78, 5) is 27.1. The van der Waals surface area contributed by atoms with Crippen molar-refractivity contribution in [2.45, 2.75) is 25.8 Å². The normalized spacial score (nSPS) is 13.4. The predicted molar refractivity (Wildman–Crippen MR) is 112 cm³/mol. The monoisotopic (exact) mass is 400 g/mol. The summed E-state index contributed by atoms with van der Waals surface area (Å²) in [5.41, 5.74) is 5.95. The van der Waals surface area contributed by atoms with Crippen molar-refractivity contribution < 1.29 is 9.18 Å². The zero-order valence-corrected chi connectivity index (χ0v) is 16.4. The Labute approximate surface area is 173 Å². The number of H-pyrrole nitrogens is 1. The van der Waals surface area contributed by atoms with E-state index < -0.39 is 0 Å². The first kappa shape index (κ1) is 18.5. The first-order valence-corrected chi connectivity index (χ1v) is 10.1. The largest absolute Gasteiger partial charge is 0.361 e. The molecule has 0 saturated heterocycles. The second kappa shape index (κ2) is 7.71. The van der Waals surface area contributed by atoms with Gasteiger partial charge in [-0.1, -0.05) is 30.3 Å². The number of carbonyl (C=O) groups is 1. The molecule has 1 amide bonds. The highest BCUT2D eigenvalue weighted by Crippen LogP contribution is 2.24. The van der Waals surface area contributed by atoms with Crippen LogP contribution >= 0.6 is 0 Å². The number of nitrogens with zero attached hydrogens (tertiary/aromatic N) is 3. The summed E-state index contributed by atoms with van der Waals surface area (Å²) in [6.07, 6.45) is 5.18. The lowest BCUT2D eigenvalue weighted by atomic mass is 9.99. The molecule has 0 atom stereocenters. The topological polar surface area (TPSA) is 61.9 Å². The van der Waals surface area contributed by atoms with Gasteiger partial charge in [0.25, 0.3) is 0 Å². The van der Waals surface area contributed by atoms with Gasteiger partial charge in [-0.3, -0.25) is 4.79 Å². The second-order valence-corrected chi connectivity index (χ2v) is 7.65. The van der Waals surface area contributed by atoms with E-state index in [-0.39, 0.29) is 11.7 Å². The summed E-state index contributed by atoms with van der Waals surface area (Å²) >= 11 is 0. The molecule has 0 radical (unpaired) electrons. The first-order valence-electron chi connectivity index (χ1n) is 10.1. The van der Waals surface area contributed by atoms with Gasteiger partial charge in [-0.05, 0) is 29.3 Å². The Kier molecular flexibility index (Phi) is 4.75. The lowest BCUT2D eigenvalue weighted by molar-refractivity contribution is -0.131. The molecule has 30 heavy (non-hydrogen) atoms. The van der Waals surface area contributed by atoms with Crippen LogP contribution in [0.5, 0.6) is 0 Å². The molecule has 1 aliphatic heterocycles. The van der Waals surface area contributed by atoms with Crippen molar-refractivity contribution in [3.05, 3.63) is 95.0 Å². The van der Waals surface area contributed by atoms with Crippen LogP contribution in [0.15, 0.2) is 61.1 Å². The summed E-state index contributed by atoms with van der Waals surface area (Å²) in [5, 5.41) is 1.09. The molecule has 150 valence electrons. The maximum absolute atomic E-state index is 13.2. The average molecular weight is 400 g/mol. The summed E-state index contributed by atoms with van der Waals surface area (Å²) in [7, 11) is 0. The Hall–Kier alpha value is -3.54. The number of hydrogen-bond acceptors (Lipinski definition) is 3. The summed E-state index contributed by atoms with van der Waals surface area (Å²) in [5.74, 6) is -0.153. The molecule has 0 spiro atoms. The fourth-order valence-electron chi connectivity index (χ4n) is 4.11. The number of rotatable bonds is 4. The van der Waals surface area contributed by atoms with Gasteiger partial charge in [0.05, 0.1) is 17.8 Å². The highest BCUT2D eigenvalue weighted by Gasteiger charge is 2.25. The van der Waals surface area contributed by atoms with Crippen molar-refractivity contribution in [3.8, 4) is 0 Å². The van der Waals surface area contributed by atoms with Gasteiger partial charge in [0.2, 0.25) is 5.91 Å². The number of fused-ring (bicyclic) bond motifs is 2. The molecule has 0 fully saturated rings. The SMILES string of the molecule is O=C(Cc1c[nH]c2ccccc12)N1CCc2ncnc(Cc3ccc(F)cc3)c2C1. The molecular weight excluding hydrogens is 379 g/mol. The minimum Gasteiger partial charge on any atom is -0.361 e. The minimum absolute atomic E-state index is 0.0991. The van der Waals surface area contributed by atoms with Crippen LogP contribution in [0.4, 0.5) is 4.39 Å². The Morgan fingerprint density at radius 3 is 2.80 bits per heavy atom. The average Bonchev–Trinajstić information content (AvgIpc) is 3.18. The molecular formula is C24H21FN4O. The predicted octanol–water partition coefficient (Wildman–Crippen LogP) is 3.82. The number of para-hydroxylation sites is 1. The van der Waals surface area contributed by atoms with E-state index in [2.05, 4.69) is 15.0 Å². The number of benzene rings is 2. The van der Waals surface area contributed by atoms with Crippen LogP contribution in [0.2, 0.25) is 0 Å². The van der Waals surface area contributed by atoms with E-state index >= 15 is 0 Å². The number of halogens is 1. The van der Waals surface area contributed by atoms with Crippen molar-refractivity contribution in [2.24, 2.45) is 0 Å². The molecule has 2 aromatic carbocycles. The van der Waals surface area contributed by atoms with Gasteiger partial charge in [0, 0.05) is 48.6 Å². The van der Waals surface area contributed by atoms with Crippen LogP contribution in [-0.4, -0.2) is 32.3 Å². The smallest absolute Gasteiger partial charge is 0.227 e. The molecule has 0 unspecified atom stereocenters. The Bertz CT molecular complexity index is 1220. The van der Waals surface area contributed by atoms with E-state index in [4.69, 9.17) is 0 Å². The fourth-order valence-corrected chi connectivity index (χ4v) is 4.11. The van der Waals surface area contributed by atoms with Gasteiger partial charge in [-0.15, -0.1) is 0 Å². The molecule has 0 saturated carbocycles. The van der Waals surface area contributed by atoms with E-state index in [1.54, 1.807) is 18.5 Å². The zero-order chi connectivity index (χ0) is 20.5. The highest BCUT2D eigenvalue weighted by molar-refractivity contribution is 5.89. The standard InChI is InChI=1S/C24H21FN4O/c25-18-7-5-16(6-8-18)11-23-20-14-29(10-9-22(20)27-15-28-23)24(30)12-17-13-26-21-4-2-1-3-19(17)21/h1-8,13,15,26H,9-12,14H2. The molecule has 0 aliphatic carbocycles. The van der Waals surface area contributed by atoms with E-state index in [1.165, 1.54) is 12.1 Å². The Morgan fingerprint density at radius 1 is 1.10 bits per heavy atom. The molecule has 5 nitrogen and oxygen atoms in total. The number of carbonyl (C=O) groups excluding carboxylic acids is 1. The van der Waals surface area contributed by atoms with E-state index in [9.17, 15) is 9.18 Å². The number of aromatic nitrogens is 3. The molecule has 5 rings (SSSR count). The maximum Gasteiger partial charge on any atom is 0.227 e.